The quantitative estimate of drug-likeness (QED) is 0.790. The lowest BCUT2D eigenvalue weighted by Crippen LogP contribution is -2.59. The maximum absolute atomic E-state index is 12.3. The van der Waals surface area contributed by atoms with Crippen molar-refractivity contribution in [1.29, 1.82) is 0 Å². The van der Waals surface area contributed by atoms with Gasteiger partial charge in [0.2, 0.25) is 5.91 Å². The van der Waals surface area contributed by atoms with Gasteiger partial charge in [0.15, 0.2) is 0 Å². The molecule has 1 aromatic rings. The average molecular weight is 274 g/mol. The van der Waals surface area contributed by atoms with Crippen LogP contribution in [0.2, 0.25) is 0 Å². The van der Waals surface area contributed by atoms with Crippen LogP contribution in [0.5, 0.6) is 0 Å². The number of nitrogens with one attached hydrogen (secondary N) is 1. The third-order valence-corrected chi connectivity index (χ3v) is 3.82. The van der Waals surface area contributed by atoms with Crippen LogP contribution in [0.15, 0.2) is 24.3 Å². The van der Waals surface area contributed by atoms with Crippen molar-refractivity contribution < 1.29 is 19.5 Å². The first kappa shape index (κ1) is 12.8. The summed E-state index contributed by atoms with van der Waals surface area (Å²) in [5, 5.41) is 11.1. The highest BCUT2D eigenvalue weighted by atomic mass is 16.3. The zero-order valence-corrected chi connectivity index (χ0v) is 10.8. The number of amides is 4. The number of rotatable bonds is 3. The van der Waals surface area contributed by atoms with Gasteiger partial charge < -0.3 is 5.11 Å². The van der Waals surface area contributed by atoms with E-state index in [1.165, 1.54) is 0 Å². The number of nitrogens with zero attached hydrogens (tertiary/aromatic N) is 1. The summed E-state index contributed by atoms with van der Waals surface area (Å²) in [5.41, 5.74) is 0.323. The van der Waals surface area contributed by atoms with Crippen molar-refractivity contribution >= 4 is 23.5 Å². The summed E-state index contributed by atoms with van der Waals surface area (Å²) in [6.45, 7) is 0.0418. The Morgan fingerprint density at radius 1 is 1.15 bits per heavy atom. The number of benzene rings is 1. The van der Waals surface area contributed by atoms with Crippen molar-refractivity contribution in [1.82, 2.24) is 5.32 Å². The minimum absolute atomic E-state index is 0.0418. The summed E-state index contributed by atoms with van der Waals surface area (Å²) in [6.07, 6.45) is 1.50. The summed E-state index contributed by atoms with van der Waals surface area (Å²) in [7, 11) is 0. The maximum atomic E-state index is 12.3. The number of carbonyl (C=O) groups excluding carboxylic acids is 3. The first-order chi connectivity index (χ1) is 9.58. The lowest BCUT2D eigenvalue weighted by molar-refractivity contribution is -0.136. The predicted octanol–water partition coefficient (Wildman–Crippen LogP) is 0.584. The van der Waals surface area contributed by atoms with Gasteiger partial charge in [-0.2, -0.15) is 0 Å². The second-order valence-electron chi connectivity index (χ2n) is 5.12. The molecule has 0 aromatic heterocycles. The van der Waals surface area contributed by atoms with Crippen molar-refractivity contribution in [3.05, 3.63) is 29.8 Å². The van der Waals surface area contributed by atoms with E-state index in [0.717, 1.165) is 10.5 Å². The fraction of sp³-hybridized carbons (Fsp3) is 0.357. The van der Waals surface area contributed by atoms with Crippen LogP contribution in [0.4, 0.5) is 10.5 Å². The molecule has 4 amide bonds. The summed E-state index contributed by atoms with van der Waals surface area (Å²) in [6, 6.07) is 6.10. The van der Waals surface area contributed by atoms with Gasteiger partial charge in [0.1, 0.15) is 5.41 Å². The molecule has 6 heteroatoms. The van der Waals surface area contributed by atoms with E-state index in [4.69, 9.17) is 5.11 Å². The van der Waals surface area contributed by atoms with E-state index < -0.39 is 23.3 Å². The first-order valence-corrected chi connectivity index (χ1v) is 6.48. The van der Waals surface area contributed by atoms with Crippen molar-refractivity contribution in [3.8, 4) is 0 Å². The lowest BCUT2D eigenvalue weighted by atomic mass is 10.0. The van der Waals surface area contributed by atoms with Crippen LogP contribution >= 0.6 is 0 Å². The highest BCUT2D eigenvalue weighted by Crippen LogP contribution is 2.49. The van der Waals surface area contributed by atoms with E-state index in [0.29, 0.717) is 24.9 Å². The molecule has 0 radical (unpaired) electrons. The number of anilines is 1. The molecule has 1 saturated heterocycles. The zero-order chi connectivity index (χ0) is 14.3. The summed E-state index contributed by atoms with van der Waals surface area (Å²) in [4.78, 5) is 37.0. The predicted molar refractivity (Wildman–Crippen MR) is 69.9 cm³/mol. The van der Waals surface area contributed by atoms with Gasteiger partial charge in [-0.15, -0.1) is 0 Å². The molecule has 2 fully saturated rings. The first-order valence-electron chi connectivity index (χ1n) is 6.48. The van der Waals surface area contributed by atoms with Crippen LogP contribution in [-0.4, -0.2) is 29.6 Å². The smallest absolute Gasteiger partial charge is 0.335 e. The molecule has 2 N–H and O–H groups in total. The molecule has 104 valence electrons. The molecule has 0 unspecified atom stereocenters. The number of carbonyl (C=O) groups is 3. The minimum atomic E-state index is -1.03. The molecule has 1 aromatic carbocycles. The topological polar surface area (TPSA) is 86.7 Å². The molecule has 3 rings (SSSR count). The summed E-state index contributed by atoms with van der Waals surface area (Å²) < 4.78 is 0. The van der Waals surface area contributed by atoms with Crippen molar-refractivity contribution in [2.24, 2.45) is 5.41 Å². The van der Waals surface area contributed by atoms with Gasteiger partial charge in [-0.3, -0.25) is 14.9 Å². The second-order valence-corrected chi connectivity index (χ2v) is 5.12. The highest BCUT2D eigenvalue weighted by molar-refractivity contribution is 6.31. The van der Waals surface area contributed by atoms with Gasteiger partial charge in [-0.25, -0.2) is 9.69 Å². The highest BCUT2D eigenvalue weighted by Gasteiger charge is 2.62. The van der Waals surface area contributed by atoms with E-state index in [-0.39, 0.29) is 6.61 Å². The Balaban J connectivity index is 1.90. The van der Waals surface area contributed by atoms with E-state index >= 15 is 0 Å². The van der Waals surface area contributed by atoms with Gasteiger partial charge in [0, 0.05) is 6.61 Å². The average Bonchev–Trinajstić information content (AvgIpc) is 3.21. The molecule has 6 nitrogen and oxygen atoms in total. The standard InChI is InChI=1S/C14H14N2O4/c17-8-5-9-1-3-10(4-2-9)16-12(19)14(6-7-14)11(18)15-13(16)20/h1-4,17H,5-8H2,(H,15,18,20). The molecular formula is C14H14N2O4. The monoisotopic (exact) mass is 274 g/mol. The third kappa shape index (κ3) is 1.80. The van der Waals surface area contributed by atoms with Crippen LogP contribution in [0, 0.1) is 5.41 Å². The molecular weight excluding hydrogens is 260 g/mol. The van der Waals surface area contributed by atoms with Crippen LogP contribution in [0.25, 0.3) is 0 Å². The second kappa shape index (κ2) is 4.42. The molecule has 2 aliphatic rings. The van der Waals surface area contributed by atoms with Gasteiger partial charge in [-0.1, -0.05) is 12.1 Å². The van der Waals surface area contributed by atoms with Crippen molar-refractivity contribution in [2.45, 2.75) is 19.3 Å². The molecule has 20 heavy (non-hydrogen) atoms. The van der Waals surface area contributed by atoms with E-state index in [2.05, 4.69) is 5.32 Å². The number of hydrogen-bond acceptors (Lipinski definition) is 4. The minimum Gasteiger partial charge on any atom is -0.396 e. The molecule has 1 heterocycles. The molecule has 0 bridgehead atoms. The molecule has 1 saturated carbocycles. The SMILES string of the molecule is O=C1NC(=O)C2(CC2)C(=O)N1c1ccc(CCO)cc1. The Kier molecular flexibility index (Phi) is 2.83. The van der Waals surface area contributed by atoms with Gasteiger partial charge in [0.25, 0.3) is 5.91 Å². The van der Waals surface area contributed by atoms with E-state index in [1.54, 1.807) is 24.3 Å². The normalized spacial score (nSPS) is 20.2. The Morgan fingerprint density at radius 2 is 1.80 bits per heavy atom. The largest absolute Gasteiger partial charge is 0.396 e. The van der Waals surface area contributed by atoms with E-state index in [1.807, 2.05) is 0 Å². The maximum Gasteiger partial charge on any atom is 0.335 e. The van der Waals surface area contributed by atoms with Gasteiger partial charge >= 0.3 is 6.03 Å². The van der Waals surface area contributed by atoms with Crippen LogP contribution in [-0.2, 0) is 16.0 Å². The molecule has 1 spiro atoms. The van der Waals surface area contributed by atoms with Crippen molar-refractivity contribution in [2.75, 3.05) is 11.5 Å². The Hall–Kier alpha value is -2.21. The summed E-state index contributed by atoms with van der Waals surface area (Å²) in [5.74, 6) is -0.929. The fourth-order valence-electron chi connectivity index (χ4n) is 2.42. The Morgan fingerprint density at radius 3 is 2.35 bits per heavy atom. The van der Waals surface area contributed by atoms with E-state index in [9.17, 15) is 14.4 Å². The zero-order valence-electron chi connectivity index (χ0n) is 10.8. The van der Waals surface area contributed by atoms with Gasteiger partial charge in [0.05, 0.1) is 5.69 Å². The lowest BCUT2D eigenvalue weighted by Gasteiger charge is -2.30. The van der Waals surface area contributed by atoms with Crippen LogP contribution in [0.3, 0.4) is 0 Å². The number of aliphatic hydroxyl groups is 1. The molecule has 1 aliphatic heterocycles. The number of imide groups is 2. The molecule has 1 aliphatic carbocycles. The third-order valence-electron chi connectivity index (χ3n) is 3.82. The van der Waals surface area contributed by atoms with Crippen molar-refractivity contribution in [3.63, 3.8) is 0 Å². The molecule has 0 atom stereocenters. The Bertz CT molecular complexity index is 590. The number of hydrogen-bond donors (Lipinski definition) is 2. The fourth-order valence-corrected chi connectivity index (χ4v) is 2.42. The number of barbiturate groups is 1. The van der Waals surface area contributed by atoms with Crippen LogP contribution in [0.1, 0.15) is 18.4 Å². The van der Waals surface area contributed by atoms with Crippen LogP contribution < -0.4 is 10.2 Å². The summed E-state index contributed by atoms with van der Waals surface area (Å²) >= 11 is 0. The number of aliphatic hydroxyl groups excluding tert-OH is 1. The Labute approximate surface area is 115 Å². The van der Waals surface area contributed by atoms with Gasteiger partial charge in [-0.05, 0) is 37.0 Å². The number of urea groups is 1.